The van der Waals surface area contributed by atoms with Crippen molar-refractivity contribution in [3.05, 3.63) is 28.0 Å². The Morgan fingerprint density at radius 3 is 2.23 bits per heavy atom. The van der Waals surface area contributed by atoms with Crippen LogP contribution in [0, 0.1) is 5.82 Å². The number of rotatable bonds is 0. The van der Waals surface area contributed by atoms with E-state index < -0.39 is 5.82 Å². The Labute approximate surface area is 85.7 Å². The molecule has 0 aliphatic carbocycles. The molecule has 1 aromatic rings. The average molecular weight is 247 g/mol. The van der Waals surface area contributed by atoms with Crippen molar-refractivity contribution in [3.63, 3.8) is 0 Å². The van der Waals surface area contributed by atoms with Crippen molar-refractivity contribution < 1.29 is 9.50 Å². The number of phenolic OH excluding ortho intramolecular Hbond substituents is 1. The van der Waals surface area contributed by atoms with E-state index in [1.807, 2.05) is 20.8 Å². The Hall–Kier alpha value is -0.570. The summed E-state index contributed by atoms with van der Waals surface area (Å²) in [5.74, 6) is -0.477. The highest BCUT2D eigenvalue weighted by molar-refractivity contribution is 9.10. The van der Waals surface area contributed by atoms with Crippen LogP contribution in [0.2, 0.25) is 0 Å². The van der Waals surface area contributed by atoms with Crippen LogP contribution >= 0.6 is 15.9 Å². The Bertz CT molecular complexity index is 305. The lowest BCUT2D eigenvalue weighted by Gasteiger charge is -2.19. The predicted octanol–water partition coefficient (Wildman–Crippen LogP) is 3.59. The number of benzene rings is 1. The molecule has 0 bridgehead atoms. The van der Waals surface area contributed by atoms with Gasteiger partial charge in [-0.1, -0.05) is 20.8 Å². The molecule has 3 heteroatoms. The monoisotopic (exact) mass is 246 g/mol. The van der Waals surface area contributed by atoms with Crippen LogP contribution in [0.1, 0.15) is 26.3 Å². The van der Waals surface area contributed by atoms with Crippen molar-refractivity contribution >= 4 is 15.9 Å². The third kappa shape index (κ3) is 2.21. The molecule has 0 radical (unpaired) electrons. The summed E-state index contributed by atoms with van der Waals surface area (Å²) in [6, 6.07) is 3.01. The predicted molar refractivity (Wildman–Crippen MR) is 54.5 cm³/mol. The molecule has 0 aliphatic rings. The molecule has 0 amide bonds. The van der Waals surface area contributed by atoms with Crippen LogP contribution in [-0.4, -0.2) is 5.11 Å². The van der Waals surface area contributed by atoms with Gasteiger partial charge in [-0.2, -0.15) is 0 Å². The Balaban J connectivity index is 3.29. The van der Waals surface area contributed by atoms with Gasteiger partial charge in [-0.3, -0.25) is 0 Å². The zero-order valence-corrected chi connectivity index (χ0v) is 9.44. The lowest BCUT2D eigenvalue weighted by Crippen LogP contribution is -2.11. The summed E-state index contributed by atoms with van der Waals surface area (Å²) in [6.45, 7) is 5.90. The van der Waals surface area contributed by atoms with Gasteiger partial charge in [0.2, 0.25) is 0 Å². The van der Waals surface area contributed by atoms with Crippen molar-refractivity contribution in [2.24, 2.45) is 0 Å². The fourth-order valence-corrected chi connectivity index (χ4v) is 1.24. The van der Waals surface area contributed by atoms with Crippen molar-refractivity contribution in [2.75, 3.05) is 0 Å². The normalized spacial score (nSPS) is 11.8. The molecule has 1 rings (SSSR count). The summed E-state index contributed by atoms with van der Waals surface area (Å²) in [4.78, 5) is 0. The second-order valence-electron chi connectivity index (χ2n) is 4.04. The van der Waals surface area contributed by atoms with Gasteiger partial charge in [0.15, 0.2) is 0 Å². The van der Waals surface area contributed by atoms with E-state index in [4.69, 9.17) is 0 Å². The van der Waals surface area contributed by atoms with E-state index in [1.165, 1.54) is 6.07 Å². The largest absolute Gasteiger partial charge is 0.507 e. The third-order valence-corrected chi connectivity index (χ3v) is 2.66. The quantitative estimate of drug-likeness (QED) is 0.742. The lowest BCUT2D eigenvalue weighted by molar-refractivity contribution is 0.458. The maximum absolute atomic E-state index is 13.2. The molecule has 13 heavy (non-hydrogen) atoms. The number of phenols is 1. The molecule has 0 fully saturated rings. The van der Waals surface area contributed by atoms with E-state index in [0.717, 1.165) is 5.56 Å². The Kier molecular flexibility index (Phi) is 2.66. The first-order valence-corrected chi connectivity index (χ1v) is 4.80. The lowest BCUT2D eigenvalue weighted by atomic mass is 9.87. The third-order valence-electron chi connectivity index (χ3n) is 1.88. The van der Waals surface area contributed by atoms with E-state index in [9.17, 15) is 9.50 Å². The molecule has 0 aliphatic heterocycles. The van der Waals surface area contributed by atoms with E-state index in [-0.39, 0.29) is 15.6 Å². The van der Waals surface area contributed by atoms with Gasteiger partial charge in [0.05, 0.1) is 4.47 Å². The molecule has 0 atom stereocenters. The van der Waals surface area contributed by atoms with E-state index in [0.29, 0.717) is 0 Å². The topological polar surface area (TPSA) is 20.2 Å². The molecule has 0 unspecified atom stereocenters. The number of hydrogen-bond acceptors (Lipinski definition) is 1. The molecule has 0 saturated carbocycles. The summed E-state index contributed by atoms with van der Waals surface area (Å²) in [6.07, 6.45) is 0. The first-order valence-electron chi connectivity index (χ1n) is 4.01. The molecular formula is C10H12BrFO. The van der Waals surface area contributed by atoms with Crippen molar-refractivity contribution in [1.29, 1.82) is 0 Å². The van der Waals surface area contributed by atoms with Gasteiger partial charge in [0.1, 0.15) is 11.6 Å². The smallest absolute Gasteiger partial charge is 0.141 e. The maximum Gasteiger partial charge on any atom is 0.141 e. The minimum Gasteiger partial charge on any atom is -0.507 e. The molecule has 1 N–H and O–H groups in total. The highest BCUT2D eigenvalue weighted by Gasteiger charge is 2.17. The highest BCUT2D eigenvalue weighted by Crippen LogP contribution is 2.32. The van der Waals surface area contributed by atoms with E-state index >= 15 is 0 Å². The summed E-state index contributed by atoms with van der Waals surface area (Å²) in [5, 5.41) is 9.36. The zero-order valence-electron chi connectivity index (χ0n) is 7.86. The van der Waals surface area contributed by atoms with Crippen LogP contribution in [-0.2, 0) is 5.41 Å². The molecule has 1 aromatic carbocycles. The minimum absolute atomic E-state index is 0.0510. The highest BCUT2D eigenvalue weighted by atomic mass is 79.9. The molecule has 0 spiro atoms. The second kappa shape index (κ2) is 3.29. The van der Waals surface area contributed by atoms with Crippen molar-refractivity contribution in [2.45, 2.75) is 26.2 Å². The standard InChI is InChI=1S/C10H12BrFO/c1-10(2,3)6-4-7(12)9(11)8(13)5-6/h4-5,13H,1-3H3. The van der Waals surface area contributed by atoms with Gasteiger partial charge in [-0.15, -0.1) is 0 Å². The fraction of sp³-hybridized carbons (Fsp3) is 0.400. The van der Waals surface area contributed by atoms with Crippen molar-refractivity contribution in [3.8, 4) is 5.75 Å². The van der Waals surface area contributed by atoms with Gasteiger partial charge >= 0.3 is 0 Å². The summed E-state index contributed by atoms with van der Waals surface area (Å²) in [7, 11) is 0. The molecule has 1 nitrogen and oxygen atoms in total. The van der Waals surface area contributed by atoms with Crippen LogP contribution < -0.4 is 0 Å². The van der Waals surface area contributed by atoms with Crippen LogP contribution in [0.5, 0.6) is 5.75 Å². The Morgan fingerprint density at radius 2 is 1.85 bits per heavy atom. The number of aromatic hydroxyl groups is 1. The second-order valence-corrected chi connectivity index (χ2v) is 4.83. The van der Waals surface area contributed by atoms with Crippen LogP contribution in [0.3, 0.4) is 0 Å². The van der Waals surface area contributed by atoms with Crippen LogP contribution in [0.25, 0.3) is 0 Å². The van der Waals surface area contributed by atoms with Gasteiger partial charge in [0, 0.05) is 0 Å². The maximum atomic E-state index is 13.2. The van der Waals surface area contributed by atoms with Gasteiger partial charge < -0.3 is 5.11 Å². The van der Waals surface area contributed by atoms with Gasteiger partial charge in [-0.05, 0) is 39.0 Å². The number of hydrogen-bond donors (Lipinski definition) is 1. The van der Waals surface area contributed by atoms with Gasteiger partial charge in [0.25, 0.3) is 0 Å². The molecule has 0 heterocycles. The summed E-state index contributed by atoms with van der Waals surface area (Å²) >= 11 is 2.95. The molecular weight excluding hydrogens is 235 g/mol. The molecule has 0 saturated heterocycles. The fourth-order valence-electron chi connectivity index (χ4n) is 1.01. The van der Waals surface area contributed by atoms with E-state index in [2.05, 4.69) is 15.9 Å². The van der Waals surface area contributed by atoms with E-state index in [1.54, 1.807) is 6.07 Å². The zero-order chi connectivity index (χ0) is 10.2. The minimum atomic E-state index is -0.426. The van der Waals surface area contributed by atoms with Crippen molar-refractivity contribution in [1.82, 2.24) is 0 Å². The molecule has 0 aromatic heterocycles. The van der Waals surface area contributed by atoms with Gasteiger partial charge in [-0.25, -0.2) is 4.39 Å². The number of halogens is 2. The van der Waals surface area contributed by atoms with Crippen LogP contribution in [0.4, 0.5) is 4.39 Å². The summed E-state index contributed by atoms with van der Waals surface area (Å²) < 4.78 is 13.3. The van der Waals surface area contributed by atoms with Crippen LogP contribution in [0.15, 0.2) is 16.6 Å². The first kappa shape index (κ1) is 10.5. The first-order chi connectivity index (χ1) is 5.82. The SMILES string of the molecule is CC(C)(C)c1cc(O)c(Br)c(F)c1. The molecule has 72 valence electrons. The summed E-state index contributed by atoms with van der Waals surface area (Å²) in [5.41, 5.74) is 0.629. The Morgan fingerprint density at radius 1 is 1.31 bits per heavy atom. The average Bonchev–Trinajstić information content (AvgIpc) is 1.97.